The lowest BCUT2D eigenvalue weighted by molar-refractivity contribution is 0.271. The second kappa shape index (κ2) is 10.4. The molecule has 0 radical (unpaired) electrons. The first-order valence-corrected chi connectivity index (χ1v) is 13.5. The number of piperazine rings is 1. The number of pyridine rings is 1. The number of rotatable bonds is 8. The molecule has 0 amide bonds. The summed E-state index contributed by atoms with van der Waals surface area (Å²) < 4.78 is 40.5. The van der Waals surface area contributed by atoms with Crippen molar-refractivity contribution in [3.63, 3.8) is 0 Å². The van der Waals surface area contributed by atoms with Crippen LogP contribution >= 0.6 is 11.6 Å². The van der Waals surface area contributed by atoms with Gasteiger partial charge in [-0.3, -0.25) is 4.98 Å². The fraction of sp³-hybridized carbons (Fsp3) is 0.435. The van der Waals surface area contributed by atoms with E-state index in [4.69, 9.17) is 11.6 Å². The van der Waals surface area contributed by atoms with Gasteiger partial charge in [-0.25, -0.2) is 17.5 Å². The highest BCUT2D eigenvalue weighted by Gasteiger charge is 2.21. The topological polar surface area (TPSA) is 84.2 Å². The van der Waals surface area contributed by atoms with E-state index in [1.807, 2.05) is 12.3 Å². The normalized spacial score (nSPS) is 15.1. The zero-order valence-corrected chi connectivity index (χ0v) is 20.9. The lowest BCUT2D eigenvalue weighted by atomic mass is 10.2. The van der Waals surface area contributed by atoms with E-state index in [0.29, 0.717) is 17.7 Å². The second-order valence-electron chi connectivity index (χ2n) is 8.36. The third-order valence-corrected chi connectivity index (χ3v) is 8.17. The van der Waals surface area contributed by atoms with Crippen molar-refractivity contribution in [1.29, 1.82) is 0 Å². The quantitative estimate of drug-likeness (QED) is 0.461. The highest BCUT2D eigenvalue weighted by molar-refractivity contribution is 7.90. The Labute approximate surface area is 204 Å². The van der Waals surface area contributed by atoms with Crippen LogP contribution in [0.1, 0.15) is 25.8 Å². The molecule has 0 bridgehead atoms. The number of sulfone groups is 1. The van der Waals surface area contributed by atoms with Gasteiger partial charge in [0, 0.05) is 37.9 Å². The fourth-order valence-corrected chi connectivity index (χ4v) is 5.96. The Morgan fingerprint density at radius 2 is 1.88 bits per heavy atom. The monoisotopic (exact) mass is 506 g/mol. The van der Waals surface area contributed by atoms with Crippen molar-refractivity contribution in [3.05, 3.63) is 53.2 Å². The van der Waals surface area contributed by atoms with E-state index < -0.39 is 15.7 Å². The Bertz CT molecular complexity index is 1260. The molecule has 0 saturated carbocycles. The number of likely N-dealkylation sites (N-methyl/N-ethyl adjacent to an activating group) is 1. The summed E-state index contributed by atoms with van der Waals surface area (Å²) in [7, 11) is -3.35. The molecule has 1 aliphatic heterocycles. The summed E-state index contributed by atoms with van der Waals surface area (Å²) in [5.74, 6) is -0.828. The molecule has 1 aromatic carbocycles. The summed E-state index contributed by atoms with van der Waals surface area (Å²) >= 11 is 6.44. The van der Waals surface area contributed by atoms with Crippen molar-refractivity contribution < 1.29 is 12.8 Å². The predicted octanol–water partition coefficient (Wildman–Crippen LogP) is 3.59. The molecule has 0 aliphatic carbocycles. The maximum atomic E-state index is 14.7. The van der Waals surface area contributed by atoms with E-state index in [-0.39, 0.29) is 22.2 Å². The molecule has 0 atom stereocenters. The molecular formula is C23H28ClFN6O2S. The van der Waals surface area contributed by atoms with Gasteiger partial charge in [-0.1, -0.05) is 36.7 Å². The smallest absolute Gasteiger partial charge is 0.154 e. The lowest BCUT2D eigenvalue weighted by Gasteiger charge is -2.35. The number of nitrogens with zero attached hydrogens (tertiary/aromatic N) is 6. The van der Waals surface area contributed by atoms with Crippen LogP contribution in [-0.4, -0.2) is 71.8 Å². The minimum absolute atomic E-state index is 0.0109. The molecule has 3 heterocycles. The minimum atomic E-state index is -3.35. The van der Waals surface area contributed by atoms with Gasteiger partial charge in [0.05, 0.1) is 34.6 Å². The molecule has 2 aromatic heterocycles. The number of anilines is 1. The standard InChI is InChI=1S/C23H28ClFN6O2S/c1-3-11-34(32,33)16-17-5-6-20(25)23(22(17)24)31-15-21(27-28-31)18-12-19(14-26-13-18)30-9-7-29(4-2)8-10-30/h5-6,12-15H,3-4,7-11,16H2,1-2H3. The van der Waals surface area contributed by atoms with Crippen LogP contribution in [0.4, 0.5) is 10.1 Å². The molecule has 11 heteroatoms. The van der Waals surface area contributed by atoms with Gasteiger partial charge >= 0.3 is 0 Å². The molecule has 0 unspecified atom stereocenters. The molecule has 4 rings (SSSR count). The van der Waals surface area contributed by atoms with Crippen LogP contribution in [0.15, 0.2) is 36.8 Å². The van der Waals surface area contributed by atoms with Crippen LogP contribution in [0.25, 0.3) is 16.9 Å². The minimum Gasteiger partial charge on any atom is -0.368 e. The summed E-state index contributed by atoms with van der Waals surface area (Å²) in [6, 6.07) is 4.60. The zero-order valence-electron chi connectivity index (χ0n) is 19.3. The maximum absolute atomic E-state index is 14.7. The van der Waals surface area contributed by atoms with Gasteiger partial charge < -0.3 is 9.80 Å². The Morgan fingerprint density at radius 1 is 1.12 bits per heavy atom. The highest BCUT2D eigenvalue weighted by Crippen LogP contribution is 2.30. The Balaban J connectivity index is 1.60. The average molecular weight is 507 g/mol. The first kappa shape index (κ1) is 24.6. The van der Waals surface area contributed by atoms with E-state index in [0.717, 1.165) is 44.0 Å². The van der Waals surface area contributed by atoms with Gasteiger partial charge in [0.15, 0.2) is 9.84 Å². The van der Waals surface area contributed by atoms with E-state index in [9.17, 15) is 12.8 Å². The summed E-state index contributed by atoms with van der Waals surface area (Å²) in [5, 5.41) is 8.27. The Kier molecular flexibility index (Phi) is 7.49. The van der Waals surface area contributed by atoms with Crippen LogP contribution in [0.3, 0.4) is 0 Å². The third-order valence-electron chi connectivity index (χ3n) is 5.96. The van der Waals surface area contributed by atoms with E-state index in [1.54, 1.807) is 19.3 Å². The van der Waals surface area contributed by atoms with Gasteiger partial charge in [0.1, 0.15) is 17.2 Å². The van der Waals surface area contributed by atoms with E-state index >= 15 is 0 Å². The largest absolute Gasteiger partial charge is 0.368 e. The van der Waals surface area contributed by atoms with Gasteiger partial charge in [0.25, 0.3) is 0 Å². The predicted molar refractivity (Wildman–Crippen MR) is 132 cm³/mol. The summed E-state index contributed by atoms with van der Waals surface area (Å²) in [5.41, 5.74) is 2.57. The molecule has 34 heavy (non-hydrogen) atoms. The molecular weight excluding hydrogens is 479 g/mol. The van der Waals surface area contributed by atoms with Crippen LogP contribution in [-0.2, 0) is 15.6 Å². The first-order chi connectivity index (χ1) is 16.3. The lowest BCUT2D eigenvalue weighted by Crippen LogP contribution is -2.46. The van der Waals surface area contributed by atoms with Gasteiger partial charge in [0.2, 0.25) is 0 Å². The Morgan fingerprint density at radius 3 is 2.59 bits per heavy atom. The number of aromatic nitrogens is 4. The zero-order chi connectivity index (χ0) is 24.3. The molecule has 0 spiro atoms. The van der Waals surface area contributed by atoms with E-state index in [2.05, 4.69) is 32.0 Å². The number of halogens is 2. The van der Waals surface area contributed by atoms with Crippen molar-refractivity contribution in [2.24, 2.45) is 0 Å². The van der Waals surface area contributed by atoms with Crippen LogP contribution in [0.5, 0.6) is 0 Å². The molecule has 182 valence electrons. The second-order valence-corrected chi connectivity index (χ2v) is 10.9. The summed E-state index contributed by atoms with van der Waals surface area (Å²) in [6.45, 7) is 8.83. The summed E-state index contributed by atoms with van der Waals surface area (Å²) in [6.07, 6.45) is 5.59. The molecule has 1 saturated heterocycles. The maximum Gasteiger partial charge on any atom is 0.154 e. The van der Waals surface area contributed by atoms with Crippen molar-refractivity contribution in [3.8, 4) is 16.9 Å². The van der Waals surface area contributed by atoms with Crippen molar-refractivity contribution in [2.45, 2.75) is 26.0 Å². The van der Waals surface area contributed by atoms with E-state index in [1.165, 1.54) is 16.8 Å². The summed E-state index contributed by atoms with van der Waals surface area (Å²) in [4.78, 5) is 9.05. The van der Waals surface area contributed by atoms with Crippen molar-refractivity contribution in [2.75, 3.05) is 43.4 Å². The van der Waals surface area contributed by atoms with Crippen LogP contribution in [0, 0.1) is 5.82 Å². The van der Waals surface area contributed by atoms with Gasteiger partial charge in [-0.15, -0.1) is 5.10 Å². The molecule has 0 N–H and O–H groups in total. The van der Waals surface area contributed by atoms with Crippen molar-refractivity contribution in [1.82, 2.24) is 24.9 Å². The van der Waals surface area contributed by atoms with Crippen molar-refractivity contribution >= 4 is 27.1 Å². The SMILES string of the molecule is CCCS(=O)(=O)Cc1ccc(F)c(-n2cc(-c3cncc(N4CCN(CC)CC4)c3)nn2)c1Cl. The average Bonchev–Trinajstić information content (AvgIpc) is 3.31. The number of hydrogen-bond acceptors (Lipinski definition) is 7. The van der Waals surface area contributed by atoms with Crippen LogP contribution < -0.4 is 4.90 Å². The molecule has 1 aliphatic rings. The van der Waals surface area contributed by atoms with Crippen LogP contribution in [0.2, 0.25) is 5.02 Å². The van der Waals surface area contributed by atoms with Gasteiger partial charge in [-0.05, 0) is 30.7 Å². The molecule has 3 aromatic rings. The van der Waals surface area contributed by atoms with Gasteiger partial charge in [-0.2, -0.15) is 0 Å². The Hall–Kier alpha value is -2.56. The highest BCUT2D eigenvalue weighted by atomic mass is 35.5. The number of benzene rings is 1. The first-order valence-electron chi connectivity index (χ1n) is 11.3. The third kappa shape index (κ3) is 5.39. The molecule has 1 fully saturated rings. The molecule has 8 nitrogen and oxygen atoms in total. The fourth-order valence-electron chi connectivity index (χ4n) is 4.09. The number of hydrogen-bond donors (Lipinski definition) is 0.